The lowest BCUT2D eigenvalue weighted by atomic mass is 10.2. The lowest BCUT2D eigenvalue weighted by Gasteiger charge is -2.17. The van der Waals surface area contributed by atoms with Crippen LogP contribution in [0.5, 0.6) is 0 Å². The molecule has 27 heavy (non-hydrogen) atoms. The van der Waals surface area contributed by atoms with Crippen molar-refractivity contribution in [3.8, 4) is 0 Å². The summed E-state index contributed by atoms with van der Waals surface area (Å²) in [6.07, 6.45) is 0. The fourth-order valence-electron chi connectivity index (χ4n) is 2.63. The Bertz CT molecular complexity index is 1030. The van der Waals surface area contributed by atoms with Gasteiger partial charge in [-0.2, -0.15) is 0 Å². The molecular weight excluding hydrogens is 364 g/mol. The van der Waals surface area contributed by atoms with E-state index in [-0.39, 0.29) is 17.4 Å². The number of hydrogen-bond acceptors (Lipinski definition) is 6. The minimum Gasteiger partial charge on any atom is -0.360 e. The van der Waals surface area contributed by atoms with Crippen LogP contribution in [-0.4, -0.2) is 25.9 Å². The molecule has 8 heteroatoms. The van der Waals surface area contributed by atoms with Crippen LogP contribution in [0.25, 0.3) is 10.9 Å². The molecule has 1 aromatic carbocycles. The second kappa shape index (κ2) is 7.96. The van der Waals surface area contributed by atoms with Gasteiger partial charge in [0.15, 0.2) is 11.0 Å². The SMILES string of the molecule is Cc1cc(NC(=O)[C@H](C)Sc2nc3ccccc3c(=O)n2CC(C)C)no1. The molecule has 3 aromatic rings. The van der Waals surface area contributed by atoms with E-state index in [9.17, 15) is 9.59 Å². The highest BCUT2D eigenvalue weighted by atomic mass is 32.2. The van der Waals surface area contributed by atoms with Gasteiger partial charge < -0.3 is 9.84 Å². The molecule has 142 valence electrons. The van der Waals surface area contributed by atoms with Crippen molar-refractivity contribution < 1.29 is 9.32 Å². The number of rotatable bonds is 6. The zero-order valence-corrected chi connectivity index (χ0v) is 16.5. The van der Waals surface area contributed by atoms with E-state index >= 15 is 0 Å². The molecule has 0 saturated carbocycles. The first-order chi connectivity index (χ1) is 12.8. The number of amides is 1. The molecule has 1 N–H and O–H groups in total. The lowest BCUT2D eigenvalue weighted by Crippen LogP contribution is -2.28. The van der Waals surface area contributed by atoms with Crippen LogP contribution in [0.3, 0.4) is 0 Å². The van der Waals surface area contributed by atoms with Gasteiger partial charge in [-0.05, 0) is 31.9 Å². The highest BCUT2D eigenvalue weighted by molar-refractivity contribution is 8.00. The normalized spacial score (nSPS) is 12.5. The summed E-state index contributed by atoms with van der Waals surface area (Å²) in [5, 5.41) is 7.14. The van der Waals surface area contributed by atoms with E-state index in [1.54, 1.807) is 30.5 Å². The molecule has 2 heterocycles. The third-order valence-corrected chi connectivity index (χ3v) is 5.00. The van der Waals surface area contributed by atoms with Crippen LogP contribution < -0.4 is 10.9 Å². The summed E-state index contributed by atoms with van der Waals surface area (Å²) >= 11 is 1.26. The number of carbonyl (C=O) groups excluding carboxylic acids is 1. The van der Waals surface area contributed by atoms with Gasteiger partial charge in [-0.1, -0.05) is 42.9 Å². The Morgan fingerprint density at radius 2 is 2.04 bits per heavy atom. The second-order valence-electron chi connectivity index (χ2n) is 6.79. The van der Waals surface area contributed by atoms with Crippen LogP contribution in [0.15, 0.2) is 44.8 Å². The van der Waals surface area contributed by atoms with Gasteiger partial charge in [0, 0.05) is 12.6 Å². The van der Waals surface area contributed by atoms with E-state index in [4.69, 9.17) is 4.52 Å². The van der Waals surface area contributed by atoms with Gasteiger partial charge in [0.05, 0.1) is 16.2 Å². The molecule has 0 aliphatic rings. The number of anilines is 1. The molecule has 0 radical (unpaired) electrons. The van der Waals surface area contributed by atoms with Gasteiger partial charge >= 0.3 is 0 Å². The molecule has 7 nitrogen and oxygen atoms in total. The Morgan fingerprint density at radius 1 is 1.30 bits per heavy atom. The van der Waals surface area contributed by atoms with Crippen molar-refractivity contribution in [1.29, 1.82) is 0 Å². The van der Waals surface area contributed by atoms with E-state index < -0.39 is 5.25 Å². The number of thioether (sulfide) groups is 1. The Labute approximate surface area is 161 Å². The Kier molecular flexibility index (Phi) is 5.65. The number of carbonyl (C=O) groups is 1. The molecule has 0 spiro atoms. The number of benzene rings is 1. The summed E-state index contributed by atoms with van der Waals surface area (Å²) in [5.74, 6) is 1.03. The monoisotopic (exact) mass is 386 g/mol. The van der Waals surface area contributed by atoms with Crippen LogP contribution in [0, 0.1) is 12.8 Å². The first-order valence-electron chi connectivity index (χ1n) is 8.75. The molecule has 1 atom stereocenters. The lowest BCUT2D eigenvalue weighted by molar-refractivity contribution is -0.115. The summed E-state index contributed by atoms with van der Waals surface area (Å²) in [6, 6.07) is 8.91. The zero-order chi connectivity index (χ0) is 19.6. The van der Waals surface area contributed by atoms with Gasteiger partial charge in [-0.15, -0.1) is 0 Å². The zero-order valence-electron chi connectivity index (χ0n) is 15.7. The van der Waals surface area contributed by atoms with E-state index in [1.165, 1.54) is 11.8 Å². The van der Waals surface area contributed by atoms with Crippen molar-refractivity contribution in [3.63, 3.8) is 0 Å². The summed E-state index contributed by atoms with van der Waals surface area (Å²) in [6.45, 7) is 8.15. The van der Waals surface area contributed by atoms with Gasteiger partial charge in [-0.3, -0.25) is 14.2 Å². The Hall–Kier alpha value is -2.61. The quantitative estimate of drug-likeness (QED) is 0.515. The highest BCUT2D eigenvalue weighted by Crippen LogP contribution is 2.24. The molecular formula is C19H22N4O3S. The minimum absolute atomic E-state index is 0.0865. The molecule has 0 aliphatic heterocycles. The smallest absolute Gasteiger partial charge is 0.262 e. The number of nitrogens with one attached hydrogen (secondary N) is 1. The maximum atomic E-state index is 12.9. The number of aryl methyl sites for hydroxylation is 1. The number of nitrogens with zero attached hydrogens (tertiary/aromatic N) is 3. The van der Waals surface area contributed by atoms with Gasteiger partial charge in [0.2, 0.25) is 5.91 Å². The van der Waals surface area contributed by atoms with Crippen LogP contribution in [0.2, 0.25) is 0 Å². The largest absolute Gasteiger partial charge is 0.360 e. The van der Waals surface area contributed by atoms with Crippen LogP contribution in [-0.2, 0) is 11.3 Å². The third-order valence-electron chi connectivity index (χ3n) is 3.90. The molecule has 1 amide bonds. The van der Waals surface area contributed by atoms with Gasteiger partial charge in [0.1, 0.15) is 5.76 Å². The predicted octanol–water partition coefficient (Wildman–Crippen LogP) is 3.47. The first kappa shape index (κ1) is 19.2. The number of para-hydroxylation sites is 1. The van der Waals surface area contributed by atoms with Crippen LogP contribution in [0.4, 0.5) is 5.82 Å². The van der Waals surface area contributed by atoms with Crippen molar-refractivity contribution in [2.24, 2.45) is 5.92 Å². The van der Waals surface area contributed by atoms with E-state index in [0.717, 1.165) is 0 Å². The fraction of sp³-hybridized carbons (Fsp3) is 0.368. The summed E-state index contributed by atoms with van der Waals surface area (Å²) in [4.78, 5) is 30.0. The third kappa shape index (κ3) is 4.39. The van der Waals surface area contributed by atoms with Crippen molar-refractivity contribution >= 4 is 34.4 Å². The minimum atomic E-state index is -0.464. The predicted molar refractivity (Wildman–Crippen MR) is 106 cm³/mol. The number of hydrogen-bond donors (Lipinski definition) is 1. The molecule has 3 rings (SSSR count). The Balaban J connectivity index is 1.90. The summed E-state index contributed by atoms with van der Waals surface area (Å²) < 4.78 is 6.62. The standard InChI is InChI=1S/C19H22N4O3S/c1-11(2)10-23-18(25)14-7-5-6-8-15(14)20-19(23)27-13(4)17(24)21-16-9-12(3)26-22-16/h5-9,11,13H,10H2,1-4H3,(H,21,22,24)/t13-/m0/s1. The number of fused-ring (bicyclic) bond motifs is 1. The molecule has 0 aliphatic carbocycles. The summed E-state index contributed by atoms with van der Waals surface area (Å²) in [5.41, 5.74) is 0.543. The Morgan fingerprint density at radius 3 is 2.70 bits per heavy atom. The molecule has 0 unspecified atom stereocenters. The van der Waals surface area contributed by atoms with Crippen molar-refractivity contribution in [2.45, 2.75) is 44.6 Å². The van der Waals surface area contributed by atoms with Crippen molar-refractivity contribution in [2.75, 3.05) is 5.32 Å². The first-order valence-corrected chi connectivity index (χ1v) is 9.63. The maximum Gasteiger partial charge on any atom is 0.262 e. The van der Waals surface area contributed by atoms with Crippen molar-refractivity contribution in [1.82, 2.24) is 14.7 Å². The van der Waals surface area contributed by atoms with Gasteiger partial charge in [0.25, 0.3) is 5.56 Å². The average molecular weight is 386 g/mol. The van der Waals surface area contributed by atoms with Crippen molar-refractivity contribution in [3.05, 3.63) is 46.4 Å². The van der Waals surface area contributed by atoms with E-state index in [0.29, 0.717) is 34.2 Å². The topological polar surface area (TPSA) is 90.0 Å². The molecule has 0 fully saturated rings. The van der Waals surface area contributed by atoms with Gasteiger partial charge in [-0.25, -0.2) is 4.98 Å². The number of aromatic nitrogens is 3. The average Bonchev–Trinajstić information content (AvgIpc) is 3.02. The highest BCUT2D eigenvalue weighted by Gasteiger charge is 2.20. The summed E-state index contributed by atoms with van der Waals surface area (Å²) in [7, 11) is 0. The molecule has 0 bridgehead atoms. The molecule has 0 saturated heterocycles. The van der Waals surface area contributed by atoms with E-state index in [2.05, 4.69) is 15.5 Å². The second-order valence-corrected chi connectivity index (χ2v) is 8.10. The fourth-order valence-corrected chi connectivity index (χ4v) is 3.55. The maximum absolute atomic E-state index is 12.9. The van der Waals surface area contributed by atoms with Crippen LogP contribution >= 0.6 is 11.8 Å². The molecule has 2 aromatic heterocycles. The van der Waals surface area contributed by atoms with E-state index in [1.807, 2.05) is 32.0 Å². The van der Waals surface area contributed by atoms with Crippen LogP contribution in [0.1, 0.15) is 26.5 Å².